The van der Waals surface area contributed by atoms with Gasteiger partial charge in [-0.05, 0) is 18.2 Å². The lowest BCUT2D eigenvalue weighted by Gasteiger charge is -2.09. The van der Waals surface area contributed by atoms with E-state index >= 15 is 0 Å². The molecule has 1 heterocycles. The number of nitrogens with zero attached hydrogens (tertiary/aromatic N) is 1. The molecule has 0 amide bonds. The number of aryl methyl sites for hydroxylation is 1. The van der Waals surface area contributed by atoms with Crippen molar-refractivity contribution < 1.29 is 26.3 Å². The van der Waals surface area contributed by atoms with Gasteiger partial charge in [0.2, 0.25) is 10.0 Å². The molecule has 0 aliphatic rings. The van der Waals surface area contributed by atoms with E-state index in [4.69, 9.17) is 10.5 Å². The lowest BCUT2D eigenvalue weighted by atomic mass is 10.3. The van der Waals surface area contributed by atoms with Crippen LogP contribution in [0.1, 0.15) is 0 Å². The van der Waals surface area contributed by atoms with Gasteiger partial charge in [0.05, 0.1) is 16.0 Å². The zero-order valence-electron chi connectivity index (χ0n) is 10.3. The zero-order valence-corrected chi connectivity index (χ0v) is 12.0. The Morgan fingerprint density at radius 1 is 1.38 bits per heavy atom. The molecule has 2 aromatic rings. The van der Waals surface area contributed by atoms with E-state index in [0.29, 0.717) is 10.2 Å². The molecule has 0 bridgehead atoms. The van der Waals surface area contributed by atoms with Gasteiger partial charge in [-0.1, -0.05) is 11.3 Å². The zero-order chi connectivity index (χ0) is 15.8. The molecule has 6 nitrogen and oxygen atoms in total. The standard InChI is InChI=1S/C10H10F3N3O3S2/c11-10(12,13)19-6-1-2-7-8(5-6)20-9(14)16(7)3-4-21(15,17)18/h1-2,5,14H,3-4H2,(H2,15,17,18). The monoisotopic (exact) mass is 341 g/mol. The van der Waals surface area contributed by atoms with E-state index in [1.807, 2.05) is 0 Å². The number of fused-ring (bicyclic) bond motifs is 1. The highest BCUT2D eigenvalue weighted by atomic mass is 32.2. The molecule has 0 saturated carbocycles. The first-order chi connectivity index (χ1) is 9.55. The maximum absolute atomic E-state index is 12.1. The second-order valence-corrected chi connectivity index (χ2v) is 6.87. The van der Waals surface area contributed by atoms with Crippen LogP contribution in [-0.4, -0.2) is 25.1 Å². The van der Waals surface area contributed by atoms with Crippen LogP contribution in [0, 0.1) is 5.41 Å². The summed E-state index contributed by atoms with van der Waals surface area (Å²) in [6.45, 7) is -0.0445. The van der Waals surface area contributed by atoms with Crippen molar-refractivity contribution in [3.8, 4) is 5.75 Å². The number of ether oxygens (including phenoxy) is 1. The minimum absolute atomic E-state index is 0.0119. The van der Waals surface area contributed by atoms with Crippen molar-refractivity contribution in [2.45, 2.75) is 12.9 Å². The van der Waals surface area contributed by atoms with E-state index in [0.717, 1.165) is 23.5 Å². The van der Waals surface area contributed by atoms with E-state index in [9.17, 15) is 21.6 Å². The molecule has 0 aliphatic heterocycles. The molecule has 1 aromatic carbocycles. The second kappa shape index (κ2) is 5.31. The van der Waals surface area contributed by atoms with Gasteiger partial charge in [-0.15, -0.1) is 13.2 Å². The third kappa shape index (κ3) is 4.19. The van der Waals surface area contributed by atoms with Crippen LogP contribution >= 0.6 is 11.3 Å². The molecule has 0 aliphatic carbocycles. The molecule has 1 aromatic heterocycles. The predicted molar refractivity (Wildman–Crippen MR) is 70.3 cm³/mol. The maximum atomic E-state index is 12.1. The minimum atomic E-state index is -4.79. The minimum Gasteiger partial charge on any atom is -0.406 e. The smallest absolute Gasteiger partial charge is 0.406 e. The number of nitrogens with two attached hydrogens (primary N) is 1. The van der Waals surface area contributed by atoms with Gasteiger partial charge in [0.1, 0.15) is 5.75 Å². The Balaban J connectivity index is 2.37. The van der Waals surface area contributed by atoms with E-state index in [1.54, 1.807) is 0 Å². The lowest BCUT2D eigenvalue weighted by molar-refractivity contribution is -0.274. The Hall–Kier alpha value is -1.59. The number of halogens is 3. The summed E-state index contributed by atoms with van der Waals surface area (Å²) in [5.41, 5.74) is 0.447. The quantitative estimate of drug-likeness (QED) is 0.879. The highest BCUT2D eigenvalue weighted by Gasteiger charge is 2.31. The molecule has 116 valence electrons. The molecule has 0 atom stereocenters. The van der Waals surface area contributed by atoms with Gasteiger partial charge < -0.3 is 9.30 Å². The number of alkyl halides is 3. The average molecular weight is 341 g/mol. The first kappa shape index (κ1) is 15.8. The summed E-state index contributed by atoms with van der Waals surface area (Å²) in [5, 5.41) is 12.6. The van der Waals surface area contributed by atoms with Gasteiger partial charge in [-0.25, -0.2) is 13.6 Å². The van der Waals surface area contributed by atoms with Crippen molar-refractivity contribution in [2.24, 2.45) is 5.14 Å². The van der Waals surface area contributed by atoms with Crippen molar-refractivity contribution >= 4 is 31.6 Å². The summed E-state index contributed by atoms with van der Waals surface area (Å²) in [7, 11) is -3.69. The van der Waals surface area contributed by atoms with Gasteiger partial charge in [-0.2, -0.15) is 0 Å². The van der Waals surface area contributed by atoms with Crippen LogP contribution in [-0.2, 0) is 16.6 Å². The van der Waals surface area contributed by atoms with E-state index in [-0.39, 0.29) is 17.1 Å². The Labute approximate surface area is 121 Å². The molecule has 0 spiro atoms. The van der Waals surface area contributed by atoms with Crippen LogP contribution in [0.2, 0.25) is 0 Å². The van der Waals surface area contributed by atoms with Gasteiger partial charge in [-0.3, -0.25) is 5.41 Å². The third-order valence-corrected chi connectivity index (χ3v) is 4.22. The number of thiazole rings is 1. The highest BCUT2D eigenvalue weighted by molar-refractivity contribution is 7.89. The molecule has 0 radical (unpaired) electrons. The lowest BCUT2D eigenvalue weighted by Crippen LogP contribution is -2.24. The normalized spacial score (nSPS) is 12.8. The van der Waals surface area contributed by atoms with Crippen molar-refractivity contribution in [3.63, 3.8) is 0 Å². The molecule has 0 fully saturated rings. The molecule has 0 unspecified atom stereocenters. The number of sulfonamides is 1. The average Bonchev–Trinajstić information content (AvgIpc) is 2.58. The summed E-state index contributed by atoms with van der Waals surface area (Å²) in [5.74, 6) is -0.759. The number of hydrogen-bond acceptors (Lipinski definition) is 5. The van der Waals surface area contributed by atoms with Crippen LogP contribution in [0.3, 0.4) is 0 Å². The Kier molecular flexibility index (Phi) is 4.00. The van der Waals surface area contributed by atoms with Crippen LogP contribution in [0.5, 0.6) is 5.75 Å². The molecular formula is C10H10F3N3O3S2. The summed E-state index contributed by atoms with van der Waals surface area (Å²) >= 11 is 0.916. The number of rotatable bonds is 4. The van der Waals surface area contributed by atoms with Crippen molar-refractivity contribution in [1.82, 2.24) is 4.57 Å². The Bertz CT molecular complexity index is 823. The van der Waals surface area contributed by atoms with Crippen molar-refractivity contribution in [3.05, 3.63) is 23.0 Å². The van der Waals surface area contributed by atoms with Crippen LogP contribution < -0.4 is 14.7 Å². The third-order valence-electron chi connectivity index (χ3n) is 2.51. The number of nitrogens with one attached hydrogen (secondary N) is 1. The summed E-state index contributed by atoms with van der Waals surface area (Å²) in [6, 6.07) is 3.60. The first-order valence-corrected chi connectivity index (χ1v) is 8.02. The van der Waals surface area contributed by atoms with E-state index in [1.165, 1.54) is 10.6 Å². The Morgan fingerprint density at radius 3 is 2.62 bits per heavy atom. The number of primary sulfonamides is 1. The molecule has 3 N–H and O–H groups in total. The molecule has 21 heavy (non-hydrogen) atoms. The van der Waals surface area contributed by atoms with E-state index < -0.39 is 22.1 Å². The summed E-state index contributed by atoms with van der Waals surface area (Å²) < 4.78 is 63.8. The maximum Gasteiger partial charge on any atom is 0.573 e. The van der Waals surface area contributed by atoms with Crippen molar-refractivity contribution in [2.75, 3.05) is 5.75 Å². The van der Waals surface area contributed by atoms with Gasteiger partial charge >= 0.3 is 6.36 Å². The Morgan fingerprint density at radius 2 is 2.05 bits per heavy atom. The fourth-order valence-electron chi connectivity index (χ4n) is 1.71. The fraction of sp³-hybridized carbons (Fsp3) is 0.300. The highest BCUT2D eigenvalue weighted by Crippen LogP contribution is 2.27. The second-order valence-electron chi connectivity index (χ2n) is 4.10. The molecular weight excluding hydrogens is 331 g/mol. The number of benzene rings is 1. The van der Waals surface area contributed by atoms with Gasteiger partial charge in [0, 0.05) is 6.54 Å². The largest absolute Gasteiger partial charge is 0.573 e. The summed E-state index contributed by atoms with van der Waals surface area (Å²) in [6.07, 6.45) is -4.79. The molecule has 11 heteroatoms. The molecule has 0 saturated heterocycles. The van der Waals surface area contributed by atoms with Crippen LogP contribution in [0.15, 0.2) is 18.2 Å². The summed E-state index contributed by atoms with van der Waals surface area (Å²) in [4.78, 5) is 0.0119. The first-order valence-electron chi connectivity index (χ1n) is 5.49. The number of hydrogen-bond donors (Lipinski definition) is 2. The van der Waals surface area contributed by atoms with Gasteiger partial charge in [0.15, 0.2) is 4.80 Å². The number of aromatic nitrogens is 1. The van der Waals surface area contributed by atoms with Crippen LogP contribution in [0.4, 0.5) is 13.2 Å². The fourth-order valence-corrected chi connectivity index (χ4v) is 3.11. The van der Waals surface area contributed by atoms with E-state index in [2.05, 4.69) is 4.74 Å². The molecule has 2 rings (SSSR count). The topological polar surface area (TPSA) is 98.2 Å². The van der Waals surface area contributed by atoms with Gasteiger partial charge in [0.25, 0.3) is 0 Å². The van der Waals surface area contributed by atoms with Crippen molar-refractivity contribution in [1.29, 1.82) is 5.41 Å². The predicted octanol–water partition coefficient (Wildman–Crippen LogP) is 1.37. The van der Waals surface area contributed by atoms with Crippen LogP contribution in [0.25, 0.3) is 10.2 Å². The SMILES string of the molecule is N=c1sc2cc(OC(F)(F)F)ccc2n1CCS(N)(=O)=O.